The Bertz CT molecular complexity index is 543. The Morgan fingerprint density at radius 2 is 2.22 bits per heavy atom. The van der Waals surface area contributed by atoms with Gasteiger partial charge in [-0.15, -0.1) is 0 Å². The quantitative estimate of drug-likeness (QED) is 0.847. The summed E-state index contributed by atoms with van der Waals surface area (Å²) in [4.78, 5) is 18.1. The minimum absolute atomic E-state index is 0.265. The second-order valence-corrected chi connectivity index (χ2v) is 8.51. The van der Waals surface area contributed by atoms with Gasteiger partial charge in [0.1, 0.15) is 5.60 Å². The van der Waals surface area contributed by atoms with Crippen LogP contribution in [0.1, 0.15) is 39.3 Å². The third-order valence-electron chi connectivity index (χ3n) is 3.63. The van der Waals surface area contributed by atoms with E-state index in [1.54, 1.807) is 11.1 Å². The number of ether oxygens (including phenoxy) is 1. The van der Waals surface area contributed by atoms with Crippen molar-refractivity contribution in [2.45, 2.75) is 45.0 Å². The molecule has 0 spiro atoms. The fourth-order valence-electron chi connectivity index (χ4n) is 2.66. The summed E-state index contributed by atoms with van der Waals surface area (Å²) in [6.07, 6.45) is 3.40. The fourth-order valence-corrected chi connectivity index (χ4v) is 4.08. The Morgan fingerprint density at radius 3 is 2.87 bits per heavy atom. The predicted molar refractivity (Wildman–Crippen MR) is 91.5 cm³/mol. The summed E-state index contributed by atoms with van der Waals surface area (Å²) in [5, 5.41) is 0. The summed E-state index contributed by atoms with van der Waals surface area (Å²) >= 11 is 0. The van der Waals surface area contributed by atoms with Gasteiger partial charge in [-0.1, -0.05) is 6.07 Å². The molecule has 0 saturated carbocycles. The maximum atomic E-state index is 12.3. The lowest BCUT2D eigenvalue weighted by Crippen LogP contribution is -2.44. The van der Waals surface area contributed by atoms with Crippen molar-refractivity contribution in [1.82, 2.24) is 9.88 Å². The first-order valence-corrected chi connectivity index (χ1v) is 9.55. The number of nitrogens with zero attached hydrogens (tertiary/aromatic N) is 2. The molecule has 1 fully saturated rings. The Hall–Kier alpha value is -1.43. The highest BCUT2D eigenvalue weighted by Crippen LogP contribution is 2.20. The zero-order valence-electron chi connectivity index (χ0n) is 14.2. The van der Waals surface area contributed by atoms with Gasteiger partial charge in [0.2, 0.25) is 0 Å². The van der Waals surface area contributed by atoms with E-state index in [-0.39, 0.29) is 12.0 Å². The predicted octanol–water partition coefficient (Wildman–Crippen LogP) is 2.98. The van der Waals surface area contributed by atoms with Gasteiger partial charge in [0, 0.05) is 35.8 Å². The number of likely N-dealkylation sites (tertiary alicyclic amines) is 1. The first-order valence-electron chi connectivity index (χ1n) is 8.06. The van der Waals surface area contributed by atoms with Crippen LogP contribution >= 0.6 is 0 Å². The van der Waals surface area contributed by atoms with E-state index in [1.807, 2.05) is 39.0 Å². The molecule has 1 aliphatic heterocycles. The molecule has 2 atom stereocenters. The third kappa shape index (κ3) is 6.29. The van der Waals surface area contributed by atoms with Crippen LogP contribution in [0.25, 0.3) is 0 Å². The Kier molecular flexibility index (Phi) is 6.16. The van der Waals surface area contributed by atoms with Crippen molar-refractivity contribution in [1.29, 1.82) is 0 Å². The Morgan fingerprint density at radius 1 is 1.43 bits per heavy atom. The zero-order valence-corrected chi connectivity index (χ0v) is 15.0. The SMILES string of the molecule is CC(C)(C)OC(=O)N1CCC[C@H](C[S@](=O)Cc2ccccn2)C1. The van der Waals surface area contributed by atoms with Crippen LogP contribution in [0.3, 0.4) is 0 Å². The van der Waals surface area contributed by atoms with Gasteiger partial charge >= 0.3 is 6.09 Å². The average Bonchev–Trinajstić information content (AvgIpc) is 2.46. The van der Waals surface area contributed by atoms with Gasteiger partial charge in [0.25, 0.3) is 0 Å². The molecule has 1 amide bonds. The molecule has 2 rings (SSSR count). The van der Waals surface area contributed by atoms with Crippen LogP contribution in [-0.4, -0.2) is 44.6 Å². The first-order chi connectivity index (χ1) is 10.8. The number of hydrogen-bond donors (Lipinski definition) is 0. The van der Waals surface area contributed by atoms with Gasteiger partial charge in [-0.05, 0) is 51.7 Å². The number of rotatable bonds is 4. The summed E-state index contributed by atoms with van der Waals surface area (Å²) in [6, 6.07) is 5.66. The van der Waals surface area contributed by atoms with Gasteiger partial charge in [0.15, 0.2) is 0 Å². The highest BCUT2D eigenvalue weighted by molar-refractivity contribution is 7.84. The summed E-state index contributed by atoms with van der Waals surface area (Å²) in [6.45, 7) is 6.96. The zero-order chi connectivity index (χ0) is 16.9. The first kappa shape index (κ1) is 17.9. The van der Waals surface area contributed by atoms with E-state index in [2.05, 4.69) is 4.98 Å². The van der Waals surface area contributed by atoms with E-state index in [9.17, 15) is 9.00 Å². The van der Waals surface area contributed by atoms with E-state index in [0.29, 0.717) is 18.1 Å². The van der Waals surface area contributed by atoms with E-state index < -0.39 is 16.4 Å². The van der Waals surface area contributed by atoms with Crippen LogP contribution in [0.2, 0.25) is 0 Å². The highest BCUT2D eigenvalue weighted by atomic mass is 32.2. The molecule has 1 saturated heterocycles. The maximum Gasteiger partial charge on any atom is 0.410 e. The molecule has 0 N–H and O–H groups in total. The normalized spacial score (nSPS) is 20.1. The number of amides is 1. The number of aromatic nitrogens is 1. The molecule has 2 heterocycles. The number of carbonyl (C=O) groups is 1. The van der Waals surface area contributed by atoms with Crippen molar-refractivity contribution in [2.24, 2.45) is 5.92 Å². The standard InChI is InChI=1S/C17H26N2O3S/c1-17(2,3)22-16(20)19-10-6-7-14(11-19)12-23(21)13-15-8-4-5-9-18-15/h4-5,8-9,14H,6-7,10-13H2,1-3H3/t14-,23-/m0/s1. The molecule has 1 aromatic rings. The fraction of sp³-hybridized carbons (Fsp3) is 0.647. The molecule has 1 aromatic heterocycles. The molecule has 0 bridgehead atoms. The van der Waals surface area contributed by atoms with Crippen LogP contribution in [0.5, 0.6) is 0 Å². The van der Waals surface area contributed by atoms with E-state index >= 15 is 0 Å². The smallest absolute Gasteiger partial charge is 0.410 e. The van der Waals surface area contributed by atoms with Gasteiger partial charge in [-0.3, -0.25) is 9.19 Å². The molecule has 128 valence electrons. The Balaban J connectivity index is 1.84. The average molecular weight is 338 g/mol. The largest absolute Gasteiger partial charge is 0.444 e. The number of carbonyl (C=O) groups excluding carboxylic acids is 1. The Labute approximate surface area is 140 Å². The van der Waals surface area contributed by atoms with E-state index in [4.69, 9.17) is 4.74 Å². The summed E-state index contributed by atoms with van der Waals surface area (Å²) < 4.78 is 17.7. The lowest BCUT2D eigenvalue weighted by molar-refractivity contribution is 0.0176. The minimum Gasteiger partial charge on any atom is -0.444 e. The van der Waals surface area contributed by atoms with Crippen molar-refractivity contribution in [3.63, 3.8) is 0 Å². The van der Waals surface area contributed by atoms with Gasteiger partial charge in [0.05, 0.1) is 11.4 Å². The van der Waals surface area contributed by atoms with Gasteiger partial charge < -0.3 is 9.64 Å². The molecular weight excluding hydrogens is 312 g/mol. The van der Waals surface area contributed by atoms with Crippen LogP contribution in [-0.2, 0) is 21.3 Å². The van der Waals surface area contributed by atoms with E-state index in [0.717, 1.165) is 25.1 Å². The molecule has 0 radical (unpaired) electrons. The summed E-state index contributed by atoms with van der Waals surface area (Å²) in [7, 11) is -0.957. The molecular formula is C17H26N2O3S. The molecule has 0 unspecified atom stereocenters. The number of hydrogen-bond acceptors (Lipinski definition) is 4. The van der Waals surface area contributed by atoms with Crippen molar-refractivity contribution < 1.29 is 13.7 Å². The monoisotopic (exact) mass is 338 g/mol. The number of pyridine rings is 1. The number of piperidine rings is 1. The molecule has 23 heavy (non-hydrogen) atoms. The summed E-state index contributed by atoms with van der Waals surface area (Å²) in [5.74, 6) is 1.35. The van der Waals surface area contributed by atoms with Crippen molar-refractivity contribution in [3.8, 4) is 0 Å². The molecule has 6 heteroatoms. The molecule has 0 aliphatic carbocycles. The third-order valence-corrected chi connectivity index (χ3v) is 5.09. The maximum absolute atomic E-state index is 12.3. The molecule has 0 aromatic carbocycles. The molecule has 5 nitrogen and oxygen atoms in total. The van der Waals surface area contributed by atoms with Crippen LogP contribution in [0, 0.1) is 5.92 Å². The van der Waals surface area contributed by atoms with Crippen molar-refractivity contribution >= 4 is 16.9 Å². The van der Waals surface area contributed by atoms with Gasteiger partial charge in [-0.25, -0.2) is 4.79 Å². The summed E-state index contributed by atoms with van der Waals surface area (Å²) in [5.41, 5.74) is 0.372. The lowest BCUT2D eigenvalue weighted by Gasteiger charge is -2.34. The lowest BCUT2D eigenvalue weighted by atomic mass is 10.0. The van der Waals surface area contributed by atoms with Crippen LogP contribution < -0.4 is 0 Å². The highest BCUT2D eigenvalue weighted by Gasteiger charge is 2.28. The topological polar surface area (TPSA) is 59.5 Å². The minimum atomic E-state index is -0.957. The molecule has 1 aliphatic rings. The van der Waals surface area contributed by atoms with Crippen molar-refractivity contribution in [3.05, 3.63) is 30.1 Å². The van der Waals surface area contributed by atoms with Gasteiger partial charge in [-0.2, -0.15) is 0 Å². The van der Waals surface area contributed by atoms with Crippen LogP contribution in [0.15, 0.2) is 24.4 Å². The van der Waals surface area contributed by atoms with Crippen LogP contribution in [0.4, 0.5) is 4.79 Å². The second-order valence-electron chi connectivity index (χ2n) is 7.01. The second kappa shape index (κ2) is 7.90. The van der Waals surface area contributed by atoms with E-state index in [1.165, 1.54) is 0 Å². The van der Waals surface area contributed by atoms with Crippen molar-refractivity contribution in [2.75, 3.05) is 18.8 Å².